The summed E-state index contributed by atoms with van der Waals surface area (Å²) in [5.41, 5.74) is 2.34. The van der Waals surface area contributed by atoms with E-state index in [-0.39, 0.29) is 18.3 Å². The lowest BCUT2D eigenvalue weighted by molar-refractivity contribution is 0.0376. The van der Waals surface area contributed by atoms with Crippen molar-refractivity contribution in [3.63, 3.8) is 0 Å². The van der Waals surface area contributed by atoms with Gasteiger partial charge < -0.3 is 4.74 Å². The number of carbonyl (C=O) groups excluding carboxylic acids is 1. The molecule has 1 fully saturated rings. The molecule has 4 rings (SSSR count). The smallest absolute Gasteiger partial charge is 0.280 e. The van der Waals surface area contributed by atoms with Crippen LogP contribution in [0.4, 0.5) is 5.13 Å². The molecular weight excluding hydrogens is 457 g/mol. The van der Waals surface area contributed by atoms with Crippen molar-refractivity contribution in [2.24, 2.45) is 0 Å². The summed E-state index contributed by atoms with van der Waals surface area (Å²) in [6.07, 6.45) is 2.68. The molecule has 3 aromatic rings. The first-order valence-corrected chi connectivity index (χ1v) is 11.5. The van der Waals surface area contributed by atoms with Crippen LogP contribution in [0.15, 0.2) is 24.4 Å². The molecule has 31 heavy (non-hydrogen) atoms. The molecule has 0 atom stereocenters. The fraction of sp³-hybridized carbons (Fsp3) is 0.476. The molecule has 1 amide bonds. The summed E-state index contributed by atoms with van der Waals surface area (Å²) < 4.78 is 8.10. The summed E-state index contributed by atoms with van der Waals surface area (Å²) in [5, 5.41) is 5.74. The molecule has 7 nitrogen and oxygen atoms in total. The van der Waals surface area contributed by atoms with E-state index in [9.17, 15) is 4.79 Å². The molecule has 0 aliphatic carbocycles. The highest BCUT2D eigenvalue weighted by atomic mass is 35.5. The Bertz CT molecular complexity index is 993. The molecule has 1 aliphatic rings. The van der Waals surface area contributed by atoms with Gasteiger partial charge in [0.1, 0.15) is 0 Å². The summed E-state index contributed by atoms with van der Waals surface area (Å²) >= 11 is 7.87. The number of anilines is 1. The number of hydrogen-bond donors (Lipinski definition) is 0. The van der Waals surface area contributed by atoms with Crippen molar-refractivity contribution in [1.82, 2.24) is 19.7 Å². The van der Waals surface area contributed by atoms with E-state index in [0.29, 0.717) is 22.4 Å². The third-order valence-electron chi connectivity index (χ3n) is 5.31. The van der Waals surface area contributed by atoms with E-state index in [0.717, 1.165) is 61.6 Å². The number of aryl methyl sites for hydroxylation is 2. The van der Waals surface area contributed by atoms with Crippen LogP contribution in [0.2, 0.25) is 5.02 Å². The quantitative estimate of drug-likeness (QED) is 0.502. The number of carbonyl (C=O) groups is 1. The van der Waals surface area contributed by atoms with Gasteiger partial charge in [-0.15, -0.1) is 12.4 Å². The predicted octanol–water partition coefficient (Wildman–Crippen LogP) is 4.27. The van der Waals surface area contributed by atoms with Crippen molar-refractivity contribution in [2.45, 2.75) is 26.8 Å². The van der Waals surface area contributed by atoms with E-state index in [4.69, 9.17) is 21.3 Å². The van der Waals surface area contributed by atoms with Gasteiger partial charge in [0.15, 0.2) is 10.8 Å². The lowest BCUT2D eigenvalue weighted by Gasteiger charge is -2.27. The van der Waals surface area contributed by atoms with E-state index < -0.39 is 0 Å². The van der Waals surface area contributed by atoms with E-state index in [1.165, 1.54) is 11.3 Å². The van der Waals surface area contributed by atoms with Crippen molar-refractivity contribution in [2.75, 3.05) is 44.3 Å². The zero-order valence-electron chi connectivity index (χ0n) is 17.7. The SMILES string of the molecule is CCn1ccc(C(=O)N(CCCN2CCOCC2)c2nc3c(C)ccc(Cl)c3s2)n1.Cl. The van der Waals surface area contributed by atoms with Crippen LogP contribution < -0.4 is 4.90 Å². The second kappa shape index (κ2) is 10.7. The van der Waals surface area contributed by atoms with Gasteiger partial charge in [0.2, 0.25) is 0 Å². The van der Waals surface area contributed by atoms with Crippen LogP contribution >= 0.6 is 35.3 Å². The molecule has 1 aromatic carbocycles. The average Bonchev–Trinajstić information content (AvgIpc) is 3.42. The first-order chi connectivity index (χ1) is 14.6. The number of rotatable bonds is 7. The summed E-state index contributed by atoms with van der Waals surface area (Å²) in [4.78, 5) is 22.3. The number of amides is 1. The molecule has 1 saturated heterocycles. The van der Waals surface area contributed by atoms with Crippen LogP contribution in [-0.4, -0.2) is 65.0 Å². The molecule has 3 heterocycles. The van der Waals surface area contributed by atoms with Crippen molar-refractivity contribution in [1.29, 1.82) is 0 Å². The maximum Gasteiger partial charge on any atom is 0.280 e. The molecule has 0 spiro atoms. The van der Waals surface area contributed by atoms with Gasteiger partial charge in [-0.2, -0.15) is 5.10 Å². The molecule has 0 radical (unpaired) electrons. The number of halogens is 2. The molecule has 168 valence electrons. The number of morpholine rings is 1. The summed E-state index contributed by atoms with van der Waals surface area (Å²) in [5.74, 6) is -0.128. The molecule has 0 N–H and O–H groups in total. The molecular formula is C21H27Cl2N5O2S. The third kappa shape index (κ3) is 5.38. The lowest BCUT2D eigenvalue weighted by atomic mass is 10.2. The number of nitrogens with zero attached hydrogens (tertiary/aromatic N) is 5. The third-order valence-corrected chi connectivity index (χ3v) is 6.84. The first-order valence-electron chi connectivity index (χ1n) is 10.3. The molecule has 10 heteroatoms. The van der Waals surface area contributed by atoms with Crippen molar-refractivity contribution in [3.8, 4) is 0 Å². The molecule has 0 saturated carbocycles. The topological polar surface area (TPSA) is 63.5 Å². The normalized spacial score (nSPS) is 14.5. The first kappa shape index (κ1) is 23.9. The van der Waals surface area contributed by atoms with E-state index in [1.807, 2.05) is 32.2 Å². The number of benzene rings is 1. The van der Waals surface area contributed by atoms with Crippen LogP contribution in [0.5, 0.6) is 0 Å². The highest BCUT2D eigenvalue weighted by molar-refractivity contribution is 7.23. The van der Waals surface area contributed by atoms with Gasteiger partial charge in [0, 0.05) is 38.9 Å². The van der Waals surface area contributed by atoms with Crippen LogP contribution in [0, 0.1) is 6.92 Å². The number of fused-ring (bicyclic) bond motifs is 1. The Morgan fingerprint density at radius 3 is 2.74 bits per heavy atom. The number of hydrogen-bond acceptors (Lipinski definition) is 6. The molecule has 0 bridgehead atoms. The van der Waals surface area contributed by atoms with Crippen LogP contribution in [-0.2, 0) is 11.3 Å². The van der Waals surface area contributed by atoms with Gasteiger partial charge in [-0.05, 0) is 38.0 Å². The zero-order valence-corrected chi connectivity index (χ0v) is 20.1. The van der Waals surface area contributed by atoms with Gasteiger partial charge >= 0.3 is 0 Å². The summed E-state index contributed by atoms with van der Waals surface area (Å²) in [7, 11) is 0. The number of ether oxygens (including phenoxy) is 1. The van der Waals surface area contributed by atoms with Crippen molar-refractivity contribution in [3.05, 3.63) is 40.7 Å². The number of thiazole rings is 1. The Morgan fingerprint density at radius 1 is 1.29 bits per heavy atom. The maximum atomic E-state index is 13.4. The molecule has 2 aromatic heterocycles. The summed E-state index contributed by atoms with van der Waals surface area (Å²) in [6.45, 7) is 9.64. The van der Waals surface area contributed by atoms with Gasteiger partial charge in [0.05, 0.1) is 28.5 Å². The van der Waals surface area contributed by atoms with Crippen molar-refractivity contribution < 1.29 is 9.53 Å². The minimum Gasteiger partial charge on any atom is -0.379 e. The van der Waals surface area contributed by atoms with Gasteiger partial charge in [-0.3, -0.25) is 19.3 Å². The number of aromatic nitrogens is 3. The van der Waals surface area contributed by atoms with Gasteiger partial charge in [0.25, 0.3) is 5.91 Å². The predicted molar refractivity (Wildman–Crippen MR) is 128 cm³/mol. The Labute approximate surface area is 197 Å². The monoisotopic (exact) mass is 483 g/mol. The average molecular weight is 484 g/mol. The van der Waals surface area contributed by atoms with Crippen LogP contribution in [0.25, 0.3) is 10.2 Å². The van der Waals surface area contributed by atoms with Crippen LogP contribution in [0.3, 0.4) is 0 Å². The second-order valence-electron chi connectivity index (χ2n) is 7.36. The Hall–Kier alpha value is -1.71. The van der Waals surface area contributed by atoms with E-state index in [2.05, 4.69) is 10.00 Å². The van der Waals surface area contributed by atoms with Crippen LogP contribution in [0.1, 0.15) is 29.4 Å². The standard InChI is InChI=1S/C21H26ClN5O2S.ClH/c1-3-26-10-7-17(24-26)20(28)27(9-4-8-25-11-13-29-14-12-25)21-23-18-15(2)5-6-16(22)19(18)30-21;/h5-7,10H,3-4,8-9,11-14H2,1-2H3;1H. The second-order valence-corrected chi connectivity index (χ2v) is 8.74. The zero-order chi connectivity index (χ0) is 21.1. The van der Waals surface area contributed by atoms with Crippen molar-refractivity contribution >= 4 is 56.6 Å². The minimum absolute atomic E-state index is 0. The minimum atomic E-state index is -0.128. The van der Waals surface area contributed by atoms with Gasteiger partial charge in [-0.1, -0.05) is 29.0 Å². The van der Waals surface area contributed by atoms with E-state index in [1.54, 1.807) is 15.6 Å². The highest BCUT2D eigenvalue weighted by Crippen LogP contribution is 2.36. The Balaban J connectivity index is 0.00000272. The lowest BCUT2D eigenvalue weighted by Crippen LogP contribution is -2.39. The maximum absolute atomic E-state index is 13.4. The largest absolute Gasteiger partial charge is 0.379 e. The highest BCUT2D eigenvalue weighted by Gasteiger charge is 2.24. The fourth-order valence-corrected chi connectivity index (χ4v) is 4.90. The molecule has 1 aliphatic heterocycles. The molecule has 0 unspecified atom stereocenters. The fourth-order valence-electron chi connectivity index (χ4n) is 3.56. The summed E-state index contributed by atoms with van der Waals surface area (Å²) in [6, 6.07) is 5.61. The Kier molecular flexibility index (Phi) is 8.30. The van der Waals surface area contributed by atoms with Gasteiger partial charge in [-0.25, -0.2) is 4.98 Å². The van der Waals surface area contributed by atoms with E-state index >= 15 is 0 Å². The Morgan fingerprint density at radius 2 is 2.06 bits per heavy atom.